The summed E-state index contributed by atoms with van der Waals surface area (Å²) < 4.78 is 17.2. The first kappa shape index (κ1) is 35.6. The highest BCUT2D eigenvalue weighted by molar-refractivity contribution is 6.31. The molecule has 0 unspecified atom stereocenters. The minimum Gasteiger partial charge on any atom is -0.507 e. The van der Waals surface area contributed by atoms with Crippen molar-refractivity contribution in [3.8, 4) is 17.2 Å². The first-order chi connectivity index (χ1) is 24.5. The smallest absolute Gasteiger partial charge is 0.308 e. The summed E-state index contributed by atoms with van der Waals surface area (Å²) >= 11 is 0. The summed E-state index contributed by atoms with van der Waals surface area (Å²) in [4.78, 5) is 41.2. The Labute approximate surface area is 294 Å². The number of fused-ring (bicyclic) bond motifs is 2. The fourth-order valence-electron chi connectivity index (χ4n) is 6.55. The Hall–Kier alpha value is -5.17. The maximum Gasteiger partial charge on any atom is 0.308 e. The van der Waals surface area contributed by atoms with Gasteiger partial charge in [0.05, 0.1) is 18.3 Å². The number of aliphatic hydroxyl groups excluding tert-OH is 4. The van der Waals surface area contributed by atoms with E-state index in [0.29, 0.717) is 12.8 Å². The van der Waals surface area contributed by atoms with E-state index in [1.807, 2.05) is 60.7 Å². The van der Waals surface area contributed by atoms with E-state index in [0.717, 1.165) is 11.1 Å². The maximum absolute atomic E-state index is 14.6. The van der Waals surface area contributed by atoms with Crippen molar-refractivity contribution >= 4 is 29.7 Å². The highest BCUT2D eigenvalue weighted by atomic mass is 16.7. The van der Waals surface area contributed by atoms with Gasteiger partial charge in [-0.05, 0) is 61.1 Å². The van der Waals surface area contributed by atoms with E-state index in [-0.39, 0.29) is 56.9 Å². The van der Waals surface area contributed by atoms with Crippen LogP contribution in [0.25, 0.3) is 12.2 Å². The Morgan fingerprint density at radius 3 is 2.18 bits per heavy atom. The fourth-order valence-corrected chi connectivity index (χ4v) is 6.55. The largest absolute Gasteiger partial charge is 0.507 e. The van der Waals surface area contributed by atoms with Crippen molar-refractivity contribution < 1.29 is 54.1 Å². The van der Waals surface area contributed by atoms with Crippen LogP contribution in [0.3, 0.4) is 0 Å². The molecule has 4 aromatic rings. The van der Waals surface area contributed by atoms with Gasteiger partial charge in [0.25, 0.3) is 0 Å². The zero-order chi connectivity index (χ0) is 36.4. The fraction of sp³-hybridized carbons (Fsp3) is 0.275. The minimum atomic E-state index is -1.70. The topological polar surface area (TPSA) is 180 Å². The van der Waals surface area contributed by atoms with Crippen LogP contribution in [0.15, 0.2) is 72.8 Å². The number of rotatable bonds is 10. The Morgan fingerprint density at radius 1 is 0.824 bits per heavy atom. The first-order valence-corrected chi connectivity index (χ1v) is 16.6. The van der Waals surface area contributed by atoms with Gasteiger partial charge in [-0.3, -0.25) is 14.4 Å². The van der Waals surface area contributed by atoms with Crippen molar-refractivity contribution in [2.45, 2.75) is 70.4 Å². The number of ether oxygens (including phenoxy) is 3. The molecule has 0 bridgehead atoms. The third-order valence-electron chi connectivity index (χ3n) is 9.15. The number of hydrogen-bond donors (Lipinski definition) is 5. The predicted molar refractivity (Wildman–Crippen MR) is 185 cm³/mol. The van der Waals surface area contributed by atoms with Crippen molar-refractivity contribution in [1.82, 2.24) is 0 Å². The zero-order valence-electron chi connectivity index (χ0n) is 28.0. The zero-order valence-corrected chi connectivity index (χ0v) is 28.0. The predicted octanol–water partition coefficient (Wildman–Crippen LogP) is 4.14. The van der Waals surface area contributed by atoms with E-state index < -0.39 is 60.6 Å². The van der Waals surface area contributed by atoms with E-state index >= 15 is 0 Å². The summed E-state index contributed by atoms with van der Waals surface area (Å²) in [6.45, 7) is 2.00. The summed E-state index contributed by atoms with van der Waals surface area (Å²) in [5, 5.41) is 53.7. The molecule has 4 aromatic carbocycles. The molecule has 51 heavy (non-hydrogen) atoms. The molecular weight excluding hydrogens is 656 g/mol. The summed E-state index contributed by atoms with van der Waals surface area (Å²) in [6, 6.07) is 21.3. The van der Waals surface area contributed by atoms with Crippen LogP contribution < -0.4 is 9.47 Å². The van der Waals surface area contributed by atoms with E-state index in [2.05, 4.69) is 0 Å². The number of hydrogen-bond acceptors (Lipinski definition) is 11. The summed E-state index contributed by atoms with van der Waals surface area (Å²) in [5.41, 5.74) is 1.25. The molecule has 0 saturated carbocycles. The van der Waals surface area contributed by atoms with E-state index in [1.54, 1.807) is 12.2 Å². The Morgan fingerprint density at radius 2 is 1.51 bits per heavy atom. The molecule has 0 spiro atoms. The Balaban J connectivity index is 1.50. The molecule has 1 saturated heterocycles. The second kappa shape index (κ2) is 15.0. The standard InChI is InChI=1S/C40H38O11/c1-21-34(43)38(47)39(48)40(49-21)51-30-19-28-33(35(44)27(30)15-9-14-23-10-5-3-6-11-23)37(46)31-25(20-41)18-29(50-22(2)42)26(32(31)36(28)45)17-16-24-12-7-4-8-13-24/h3-8,10-13,16-19,21,34,38-41,43-44,47-48H,9,14-15,20H2,1-2H3/b17-16+/t21-,34+,38+,39+,40+/m0/s1. The van der Waals surface area contributed by atoms with Crippen molar-refractivity contribution in [2.24, 2.45) is 0 Å². The summed E-state index contributed by atoms with van der Waals surface area (Å²) in [6.07, 6.45) is -2.68. The van der Waals surface area contributed by atoms with E-state index in [9.17, 15) is 39.9 Å². The van der Waals surface area contributed by atoms with Gasteiger partial charge >= 0.3 is 5.97 Å². The highest BCUT2D eigenvalue weighted by Crippen LogP contribution is 2.45. The number of esters is 1. The number of aromatic hydroxyl groups is 1. The lowest BCUT2D eigenvalue weighted by molar-refractivity contribution is -0.268. The highest BCUT2D eigenvalue weighted by Gasteiger charge is 2.44. The van der Waals surface area contributed by atoms with Gasteiger partial charge in [-0.1, -0.05) is 66.7 Å². The molecule has 5 N–H and O–H groups in total. The normalized spacial score (nSPS) is 21.3. The van der Waals surface area contributed by atoms with Gasteiger partial charge in [0.2, 0.25) is 6.29 Å². The van der Waals surface area contributed by atoms with Gasteiger partial charge in [-0.25, -0.2) is 0 Å². The Bertz CT molecular complexity index is 1990. The van der Waals surface area contributed by atoms with Crippen molar-refractivity contribution in [3.63, 3.8) is 0 Å². The van der Waals surface area contributed by atoms with E-state index in [1.165, 1.54) is 26.0 Å². The molecule has 0 radical (unpaired) electrons. The van der Waals surface area contributed by atoms with Gasteiger partial charge in [-0.15, -0.1) is 0 Å². The second-order valence-corrected chi connectivity index (χ2v) is 12.6. The quantitative estimate of drug-likeness (QED) is 0.0806. The van der Waals surface area contributed by atoms with E-state index in [4.69, 9.17) is 14.2 Å². The van der Waals surface area contributed by atoms with Crippen LogP contribution in [0, 0.1) is 0 Å². The minimum absolute atomic E-state index is 0.0210. The molecule has 6 rings (SSSR count). The van der Waals surface area contributed by atoms with Gasteiger partial charge in [0, 0.05) is 34.7 Å². The molecule has 11 heteroatoms. The average molecular weight is 695 g/mol. The average Bonchev–Trinajstić information content (AvgIpc) is 3.12. The molecule has 1 fully saturated rings. The van der Waals surface area contributed by atoms with Gasteiger partial charge < -0.3 is 39.7 Å². The number of benzene rings is 4. The lowest BCUT2D eigenvalue weighted by Crippen LogP contribution is -2.58. The molecule has 11 nitrogen and oxygen atoms in total. The van der Waals surface area contributed by atoms with Crippen LogP contribution in [0.4, 0.5) is 0 Å². The van der Waals surface area contributed by atoms with Gasteiger partial charge in [0.1, 0.15) is 35.6 Å². The van der Waals surface area contributed by atoms with Crippen LogP contribution in [-0.2, 0) is 29.0 Å². The molecule has 2 aliphatic rings. The third kappa shape index (κ3) is 7.07. The molecule has 1 aliphatic carbocycles. The van der Waals surface area contributed by atoms with Crippen LogP contribution in [-0.4, -0.2) is 73.8 Å². The van der Waals surface area contributed by atoms with Crippen LogP contribution in [0.1, 0.15) is 79.9 Å². The number of phenols is 1. The van der Waals surface area contributed by atoms with Gasteiger partial charge in [0.15, 0.2) is 11.6 Å². The molecular formula is C40H38O11. The van der Waals surface area contributed by atoms with Crippen LogP contribution in [0.5, 0.6) is 17.2 Å². The van der Waals surface area contributed by atoms with Crippen molar-refractivity contribution in [3.05, 3.63) is 123 Å². The molecule has 1 heterocycles. The molecule has 1 aliphatic heterocycles. The van der Waals surface area contributed by atoms with Gasteiger partial charge in [-0.2, -0.15) is 0 Å². The number of phenolic OH excluding ortho intramolecular Hbond substituents is 1. The number of ketones is 2. The van der Waals surface area contributed by atoms with Crippen LogP contribution >= 0.6 is 0 Å². The summed E-state index contributed by atoms with van der Waals surface area (Å²) in [7, 11) is 0. The van der Waals surface area contributed by atoms with Crippen molar-refractivity contribution in [2.75, 3.05) is 0 Å². The SMILES string of the molecule is CC(=O)Oc1cc(CO)c2c(c1/C=C/c1ccccc1)C(=O)c1cc(O[C@H]3O[C@@H](C)[C@@H](O)[C@@H](O)[C@H]3O)c(CCCc3ccccc3)c(O)c1C2=O. The van der Waals surface area contributed by atoms with Crippen LogP contribution in [0.2, 0.25) is 0 Å². The number of carbonyl (C=O) groups is 3. The molecule has 264 valence electrons. The molecule has 5 atom stereocenters. The number of aliphatic hydroxyl groups is 4. The lowest BCUT2D eigenvalue weighted by Gasteiger charge is -2.39. The number of aryl methyl sites for hydroxylation is 1. The first-order valence-electron chi connectivity index (χ1n) is 16.6. The summed E-state index contributed by atoms with van der Waals surface area (Å²) in [5.74, 6) is -2.80. The van der Waals surface area contributed by atoms with Crippen molar-refractivity contribution in [1.29, 1.82) is 0 Å². The Kier molecular flexibility index (Phi) is 10.5. The lowest BCUT2D eigenvalue weighted by atomic mass is 9.77. The molecule has 0 aromatic heterocycles. The molecule has 0 amide bonds. The third-order valence-corrected chi connectivity index (χ3v) is 9.15. The maximum atomic E-state index is 14.6. The number of carbonyl (C=O) groups excluding carboxylic acids is 3. The monoisotopic (exact) mass is 694 g/mol. The second-order valence-electron chi connectivity index (χ2n) is 12.6.